The van der Waals surface area contributed by atoms with Gasteiger partial charge in [0.2, 0.25) is 5.78 Å². The second-order valence-electron chi connectivity index (χ2n) is 4.13. The lowest BCUT2D eigenvalue weighted by Crippen LogP contribution is -2.15. The summed E-state index contributed by atoms with van der Waals surface area (Å²) in [6.07, 6.45) is 3.01. The molecule has 0 atom stereocenters. The van der Waals surface area contributed by atoms with Crippen LogP contribution in [0.1, 0.15) is 21.7 Å². The number of aromatic nitrogens is 3. The SMILES string of the molecule is COCCn1ncc(Cl)c1C(=O)c1ccnc(CN)c1. The van der Waals surface area contributed by atoms with E-state index in [1.807, 2.05) is 0 Å². The summed E-state index contributed by atoms with van der Waals surface area (Å²) < 4.78 is 6.53. The molecule has 6 nitrogen and oxygen atoms in total. The maximum atomic E-state index is 12.5. The van der Waals surface area contributed by atoms with Gasteiger partial charge < -0.3 is 10.5 Å². The van der Waals surface area contributed by atoms with E-state index >= 15 is 0 Å². The summed E-state index contributed by atoms with van der Waals surface area (Å²) >= 11 is 6.06. The van der Waals surface area contributed by atoms with E-state index in [1.165, 1.54) is 10.9 Å². The molecule has 0 amide bonds. The van der Waals surface area contributed by atoms with Gasteiger partial charge in [0.05, 0.1) is 30.1 Å². The minimum absolute atomic E-state index is 0.208. The maximum absolute atomic E-state index is 12.5. The zero-order valence-corrected chi connectivity index (χ0v) is 11.8. The summed E-state index contributed by atoms with van der Waals surface area (Å²) in [5, 5.41) is 4.40. The number of halogens is 1. The second kappa shape index (κ2) is 6.60. The van der Waals surface area contributed by atoms with Crippen molar-refractivity contribution in [1.29, 1.82) is 0 Å². The van der Waals surface area contributed by atoms with Gasteiger partial charge in [-0.2, -0.15) is 5.10 Å². The first-order valence-corrected chi connectivity index (χ1v) is 6.45. The molecule has 20 heavy (non-hydrogen) atoms. The van der Waals surface area contributed by atoms with Crippen LogP contribution in [-0.2, 0) is 17.8 Å². The Morgan fingerprint density at radius 1 is 1.55 bits per heavy atom. The second-order valence-corrected chi connectivity index (χ2v) is 4.53. The van der Waals surface area contributed by atoms with Gasteiger partial charge in [-0.25, -0.2) is 0 Å². The molecule has 0 bridgehead atoms. The average molecular weight is 295 g/mol. The van der Waals surface area contributed by atoms with Gasteiger partial charge in [0.25, 0.3) is 0 Å². The molecule has 2 N–H and O–H groups in total. The number of pyridine rings is 1. The van der Waals surface area contributed by atoms with Crippen molar-refractivity contribution in [3.63, 3.8) is 0 Å². The van der Waals surface area contributed by atoms with Crippen molar-refractivity contribution in [1.82, 2.24) is 14.8 Å². The van der Waals surface area contributed by atoms with Crippen LogP contribution in [0.2, 0.25) is 5.02 Å². The van der Waals surface area contributed by atoms with Crippen molar-refractivity contribution in [3.05, 3.63) is 46.5 Å². The van der Waals surface area contributed by atoms with Gasteiger partial charge in [0.1, 0.15) is 5.69 Å². The Morgan fingerprint density at radius 3 is 3.05 bits per heavy atom. The van der Waals surface area contributed by atoms with Crippen LogP contribution in [0, 0.1) is 0 Å². The molecule has 106 valence electrons. The summed E-state index contributed by atoms with van der Waals surface area (Å²) in [4.78, 5) is 16.6. The van der Waals surface area contributed by atoms with E-state index in [-0.39, 0.29) is 12.3 Å². The Balaban J connectivity index is 2.34. The van der Waals surface area contributed by atoms with Crippen LogP contribution >= 0.6 is 11.6 Å². The fraction of sp³-hybridized carbons (Fsp3) is 0.308. The number of carbonyl (C=O) groups is 1. The third-order valence-corrected chi connectivity index (χ3v) is 3.08. The highest BCUT2D eigenvalue weighted by atomic mass is 35.5. The number of methoxy groups -OCH3 is 1. The predicted molar refractivity (Wildman–Crippen MR) is 74.7 cm³/mol. The number of hydrogen-bond acceptors (Lipinski definition) is 5. The number of ketones is 1. The first kappa shape index (κ1) is 14.6. The third kappa shape index (κ3) is 3.04. The quantitative estimate of drug-likeness (QED) is 0.811. The molecule has 7 heteroatoms. The van der Waals surface area contributed by atoms with E-state index in [1.54, 1.807) is 25.4 Å². The highest BCUT2D eigenvalue weighted by Gasteiger charge is 2.19. The Hall–Kier alpha value is -1.76. The molecule has 0 aliphatic carbocycles. The minimum atomic E-state index is -0.208. The van der Waals surface area contributed by atoms with Crippen LogP contribution in [0.4, 0.5) is 0 Å². The summed E-state index contributed by atoms with van der Waals surface area (Å²) in [5.41, 5.74) is 7.01. The van der Waals surface area contributed by atoms with Gasteiger partial charge in [-0.1, -0.05) is 11.6 Å². The van der Waals surface area contributed by atoms with Gasteiger partial charge >= 0.3 is 0 Å². The molecule has 2 rings (SSSR count). The van der Waals surface area contributed by atoms with Gasteiger partial charge in [-0.3, -0.25) is 14.5 Å². The van der Waals surface area contributed by atoms with Gasteiger partial charge in [-0.05, 0) is 12.1 Å². The molecule has 0 saturated carbocycles. The monoisotopic (exact) mass is 294 g/mol. The van der Waals surface area contributed by atoms with E-state index in [9.17, 15) is 4.79 Å². The molecule has 0 aromatic carbocycles. The topological polar surface area (TPSA) is 83.0 Å². The molecular formula is C13H15ClN4O2. The van der Waals surface area contributed by atoms with E-state index in [4.69, 9.17) is 22.1 Å². The Labute approximate surface area is 121 Å². The Kier molecular flexibility index (Phi) is 4.84. The third-order valence-electron chi connectivity index (χ3n) is 2.80. The first-order chi connectivity index (χ1) is 9.67. The lowest BCUT2D eigenvalue weighted by Gasteiger charge is -2.07. The van der Waals surface area contributed by atoms with Crippen LogP contribution in [0.5, 0.6) is 0 Å². The molecule has 0 fully saturated rings. The van der Waals surface area contributed by atoms with Crippen molar-refractivity contribution in [2.75, 3.05) is 13.7 Å². The Bertz CT molecular complexity index is 612. The van der Waals surface area contributed by atoms with Crippen molar-refractivity contribution < 1.29 is 9.53 Å². The highest BCUT2D eigenvalue weighted by Crippen LogP contribution is 2.19. The van der Waals surface area contributed by atoms with Crippen LogP contribution in [0.15, 0.2) is 24.5 Å². The van der Waals surface area contributed by atoms with Crippen molar-refractivity contribution in [3.8, 4) is 0 Å². The molecule has 2 aromatic rings. The first-order valence-electron chi connectivity index (χ1n) is 6.07. The molecule has 0 spiro atoms. The zero-order chi connectivity index (χ0) is 14.5. The number of carbonyl (C=O) groups excluding carboxylic acids is 1. The normalized spacial score (nSPS) is 10.8. The zero-order valence-electron chi connectivity index (χ0n) is 11.0. The average Bonchev–Trinajstić information content (AvgIpc) is 2.85. The largest absolute Gasteiger partial charge is 0.383 e. The van der Waals surface area contributed by atoms with Crippen LogP contribution in [0.3, 0.4) is 0 Å². The van der Waals surface area contributed by atoms with E-state index in [2.05, 4.69) is 10.1 Å². The lowest BCUT2D eigenvalue weighted by atomic mass is 10.1. The fourth-order valence-corrected chi connectivity index (χ4v) is 2.03. The number of ether oxygens (including phenoxy) is 1. The molecule has 2 aromatic heterocycles. The molecule has 0 radical (unpaired) electrons. The van der Waals surface area contributed by atoms with Gasteiger partial charge in [0, 0.05) is 25.4 Å². The summed E-state index contributed by atoms with van der Waals surface area (Å²) in [7, 11) is 1.59. The molecular weight excluding hydrogens is 280 g/mol. The molecule has 0 aliphatic heterocycles. The van der Waals surface area contributed by atoms with Crippen LogP contribution in [0.25, 0.3) is 0 Å². The smallest absolute Gasteiger partial charge is 0.212 e. The fourth-order valence-electron chi connectivity index (χ4n) is 1.80. The summed E-state index contributed by atoms with van der Waals surface area (Å²) in [6, 6.07) is 3.29. The van der Waals surface area contributed by atoms with Crippen LogP contribution in [-0.4, -0.2) is 34.3 Å². The number of nitrogens with zero attached hydrogens (tertiary/aromatic N) is 3. The van der Waals surface area contributed by atoms with E-state index in [0.29, 0.717) is 35.1 Å². The minimum Gasteiger partial charge on any atom is -0.383 e. The predicted octanol–water partition coefficient (Wildman–Crippen LogP) is 1.27. The molecule has 0 aliphatic rings. The standard InChI is InChI=1S/C13H15ClN4O2/c1-20-5-4-18-12(11(14)8-17-18)13(19)9-2-3-16-10(6-9)7-15/h2-3,6,8H,4-5,7,15H2,1H3. The van der Waals surface area contributed by atoms with Gasteiger partial charge in [0.15, 0.2) is 0 Å². The van der Waals surface area contributed by atoms with Crippen molar-refractivity contribution >= 4 is 17.4 Å². The number of hydrogen-bond donors (Lipinski definition) is 1. The number of rotatable bonds is 6. The lowest BCUT2D eigenvalue weighted by molar-refractivity contribution is 0.102. The Morgan fingerprint density at radius 2 is 2.35 bits per heavy atom. The van der Waals surface area contributed by atoms with E-state index < -0.39 is 0 Å². The van der Waals surface area contributed by atoms with E-state index in [0.717, 1.165) is 0 Å². The molecule has 2 heterocycles. The summed E-state index contributed by atoms with van der Waals surface area (Å²) in [6.45, 7) is 1.18. The van der Waals surface area contributed by atoms with Crippen LogP contribution < -0.4 is 5.73 Å². The van der Waals surface area contributed by atoms with Crippen molar-refractivity contribution in [2.24, 2.45) is 5.73 Å². The summed E-state index contributed by atoms with van der Waals surface area (Å²) in [5.74, 6) is -0.208. The molecule has 0 saturated heterocycles. The molecule has 0 unspecified atom stereocenters. The highest BCUT2D eigenvalue weighted by molar-refractivity contribution is 6.34. The van der Waals surface area contributed by atoms with Crippen molar-refractivity contribution in [2.45, 2.75) is 13.1 Å². The van der Waals surface area contributed by atoms with Gasteiger partial charge in [-0.15, -0.1) is 0 Å². The maximum Gasteiger partial charge on any atom is 0.212 e. The number of nitrogens with two attached hydrogens (primary N) is 1.